The van der Waals surface area contributed by atoms with Gasteiger partial charge in [-0.1, -0.05) is 0 Å². The highest BCUT2D eigenvalue weighted by Gasteiger charge is 2.14. The van der Waals surface area contributed by atoms with Crippen molar-refractivity contribution >= 4 is 5.91 Å². The second kappa shape index (κ2) is 5.10. The number of rotatable bonds is 4. The van der Waals surface area contributed by atoms with E-state index >= 15 is 0 Å². The molecule has 0 atom stereocenters. The Bertz CT molecular complexity index is 640. The molecule has 0 saturated heterocycles. The maximum Gasteiger partial charge on any atom is 0.285 e. The van der Waals surface area contributed by atoms with Gasteiger partial charge in [-0.15, -0.1) is 0 Å². The van der Waals surface area contributed by atoms with Gasteiger partial charge in [-0.3, -0.25) is 10.2 Å². The van der Waals surface area contributed by atoms with Crippen LogP contribution in [0.15, 0.2) is 30.5 Å². The number of nitrogen functional groups attached to an aromatic ring is 1. The second-order valence-corrected chi connectivity index (χ2v) is 4.00. The van der Waals surface area contributed by atoms with Crippen LogP contribution in [0.4, 0.5) is 0 Å². The van der Waals surface area contributed by atoms with Gasteiger partial charge in [0.15, 0.2) is 23.9 Å². The van der Waals surface area contributed by atoms with Crippen molar-refractivity contribution in [1.29, 1.82) is 0 Å². The Hall–Kier alpha value is -2.74. The fourth-order valence-electron chi connectivity index (χ4n) is 1.74. The highest BCUT2D eigenvalue weighted by molar-refractivity contribution is 5.91. The van der Waals surface area contributed by atoms with Crippen LogP contribution in [-0.4, -0.2) is 22.5 Å². The summed E-state index contributed by atoms with van der Waals surface area (Å²) in [5.41, 5.74) is 2.23. The number of nitrogens with zero attached hydrogens (tertiary/aromatic N) is 2. The highest BCUT2D eigenvalue weighted by atomic mass is 16.7. The van der Waals surface area contributed by atoms with Gasteiger partial charge < -0.3 is 14.2 Å². The van der Waals surface area contributed by atoms with Crippen molar-refractivity contribution < 1.29 is 19.0 Å². The van der Waals surface area contributed by atoms with Crippen LogP contribution < -0.4 is 25.5 Å². The van der Waals surface area contributed by atoms with E-state index in [0.717, 1.165) is 0 Å². The third-order valence-corrected chi connectivity index (χ3v) is 2.71. The minimum Gasteiger partial charge on any atom is -0.471 e. The first-order chi connectivity index (χ1) is 9.76. The summed E-state index contributed by atoms with van der Waals surface area (Å²) in [6, 6.07) is 6.82. The molecule has 0 bridgehead atoms. The highest BCUT2D eigenvalue weighted by Crippen LogP contribution is 2.35. The number of carbonyl (C=O) groups excluding carboxylic acids is 1. The molecule has 0 unspecified atom stereocenters. The van der Waals surface area contributed by atoms with Gasteiger partial charge in [-0.05, 0) is 18.2 Å². The summed E-state index contributed by atoms with van der Waals surface area (Å²) in [7, 11) is 0. The first kappa shape index (κ1) is 12.3. The van der Waals surface area contributed by atoms with Crippen LogP contribution in [-0.2, 0) is 6.73 Å². The lowest BCUT2D eigenvalue weighted by Gasteiger charge is -2.06. The third kappa shape index (κ3) is 2.36. The maximum atomic E-state index is 11.2. The summed E-state index contributed by atoms with van der Waals surface area (Å²) in [6.45, 7) is 0.382. The van der Waals surface area contributed by atoms with Gasteiger partial charge in [0, 0.05) is 12.3 Å². The van der Waals surface area contributed by atoms with E-state index in [1.807, 2.05) is 5.43 Å². The molecule has 1 aromatic heterocycles. The van der Waals surface area contributed by atoms with Crippen LogP contribution in [0.2, 0.25) is 0 Å². The van der Waals surface area contributed by atoms with E-state index in [1.165, 1.54) is 4.68 Å². The van der Waals surface area contributed by atoms with E-state index in [1.54, 1.807) is 30.5 Å². The van der Waals surface area contributed by atoms with Crippen molar-refractivity contribution in [2.75, 3.05) is 6.79 Å². The van der Waals surface area contributed by atoms with E-state index in [9.17, 15) is 4.79 Å². The zero-order valence-electron chi connectivity index (χ0n) is 10.4. The summed E-state index contributed by atoms with van der Waals surface area (Å²) in [5, 5.41) is 4.01. The predicted octanol–water partition coefficient (Wildman–Crippen LogP) is 0.252. The van der Waals surface area contributed by atoms with Gasteiger partial charge in [-0.25, -0.2) is 10.5 Å². The SMILES string of the molecule is NNC(=O)c1ccn(COc2ccc3c(c2)OCO3)n1. The fraction of sp³-hybridized carbons (Fsp3) is 0.167. The molecule has 2 aromatic rings. The molecular formula is C12H12N4O4. The van der Waals surface area contributed by atoms with Crippen molar-refractivity contribution in [3.05, 3.63) is 36.2 Å². The van der Waals surface area contributed by atoms with Crippen LogP contribution in [0.25, 0.3) is 0 Å². The molecule has 0 saturated carbocycles. The Morgan fingerprint density at radius 3 is 3.10 bits per heavy atom. The number of hydrogen-bond acceptors (Lipinski definition) is 6. The number of ether oxygens (including phenoxy) is 3. The zero-order valence-corrected chi connectivity index (χ0v) is 10.4. The largest absolute Gasteiger partial charge is 0.471 e. The quantitative estimate of drug-likeness (QED) is 0.471. The van der Waals surface area contributed by atoms with Crippen molar-refractivity contribution in [1.82, 2.24) is 15.2 Å². The Kier molecular flexibility index (Phi) is 3.13. The molecule has 0 fully saturated rings. The molecule has 1 aliphatic rings. The van der Waals surface area contributed by atoms with Crippen molar-refractivity contribution in [2.45, 2.75) is 6.73 Å². The Morgan fingerprint density at radius 1 is 1.40 bits per heavy atom. The van der Waals surface area contributed by atoms with E-state index in [4.69, 9.17) is 20.1 Å². The van der Waals surface area contributed by atoms with E-state index in [0.29, 0.717) is 17.2 Å². The van der Waals surface area contributed by atoms with Crippen molar-refractivity contribution in [2.24, 2.45) is 5.84 Å². The summed E-state index contributed by atoms with van der Waals surface area (Å²) in [4.78, 5) is 11.2. The molecule has 1 aliphatic heterocycles. The molecule has 0 radical (unpaired) electrons. The van der Waals surface area contributed by atoms with Gasteiger partial charge in [0.25, 0.3) is 5.91 Å². The molecule has 3 rings (SSSR count). The lowest BCUT2D eigenvalue weighted by molar-refractivity contribution is 0.0946. The second-order valence-electron chi connectivity index (χ2n) is 4.00. The molecule has 0 spiro atoms. The van der Waals surface area contributed by atoms with E-state index < -0.39 is 5.91 Å². The summed E-state index contributed by atoms with van der Waals surface area (Å²) >= 11 is 0. The van der Waals surface area contributed by atoms with Crippen LogP contribution >= 0.6 is 0 Å². The Balaban J connectivity index is 1.64. The van der Waals surface area contributed by atoms with Crippen molar-refractivity contribution in [3.8, 4) is 17.2 Å². The molecule has 0 aliphatic carbocycles. The van der Waals surface area contributed by atoms with Crippen LogP contribution in [0, 0.1) is 0 Å². The number of carbonyl (C=O) groups is 1. The molecular weight excluding hydrogens is 264 g/mol. The molecule has 20 heavy (non-hydrogen) atoms. The van der Waals surface area contributed by atoms with Gasteiger partial charge in [0.1, 0.15) is 5.75 Å². The molecule has 8 heteroatoms. The average Bonchev–Trinajstić information content (AvgIpc) is 3.12. The third-order valence-electron chi connectivity index (χ3n) is 2.71. The van der Waals surface area contributed by atoms with Gasteiger partial charge in [0.05, 0.1) is 0 Å². The monoisotopic (exact) mass is 276 g/mol. The van der Waals surface area contributed by atoms with E-state index in [-0.39, 0.29) is 19.2 Å². The lowest BCUT2D eigenvalue weighted by atomic mass is 10.3. The zero-order chi connectivity index (χ0) is 13.9. The van der Waals surface area contributed by atoms with Crippen LogP contribution in [0.1, 0.15) is 10.5 Å². The number of nitrogens with one attached hydrogen (secondary N) is 1. The van der Waals surface area contributed by atoms with Crippen LogP contribution in [0.5, 0.6) is 17.2 Å². The summed E-state index contributed by atoms with van der Waals surface area (Å²) < 4.78 is 17.5. The number of benzene rings is 1. The Labute approximate surface area is 114 Å². The van der Waals surface area contributed by atoms with Crippen molar-refractivity contribution in [3.63, 3.8) is 0 Å². The summed E-state index contributed by atoms with van der Waals surface area (Å²) in [5.74, 6) is 6.53. The number of nitrogens with two attached hydrogens (primary N) is 1. The molecule has 1 amide bonds. The standard InChI is InChI=1S/C12H12N4O4/c13-14-12(17)9-3-4-16(15-9)6-18-8-1-2-10-11(5-8)20-7-19-10/h1-5H,6-7,13H2,(H,14,17). The van der Waals surface area contributed by atoms with Crippen LogP contribution in [0.3, 0.4) is 0 Å². The average molecular weight is 276 g/mol. The van der Waals surface area contributed by atoms with Gasteiger partial charge >= 0.3 is 0 Å². The normalized spacial score (nSPS) is 12.2. The maximum absolute atomic E-state index is 11.2. The molecule has 1 aromatic carbocycles. The first-order valence-corrected chi connectivity index (χ1v) is 5.83. The van der Waals surface area contributed by atoms with E-state index in [2.05, 4.69) is 5.10 Å². The number of amides is 1. The first-order valence-electron chi connectivity index (χ1n) is 5.83. The van der Waals surface area contributed by atoms with Gasteiger partial charge in [0.2, 0.25) is 6.79 Å². The topological polar surface area (TPSA) is 101 Å². The number of aromatic nitrogens is 2. The molecule has 8 nitrogen and oxygen atoms in total. The fourth-order valence-corrected chi connectivity index (χ4v) is 1.74. The Morgan fingerprint density at radius 2 is 2.25 bits per heavy atom. The number of hydrogen-bond donors (Lipinski definition) is 2. The molecule has 104 valence electrons. The minimum absolute atomic E-state index is 0.164. The lowest BCUT2D eigenvalue weighted by Crippen LogP contribution is -2.30. The summed E-state index contributed by atoms with van der Waals surface area (Å²) in [6.07, 6.45) is 1.62. The molecule has 2 heterocycles. The minimum atomic E-state index is -0.452. The predicted molar refractivity (Wildman–Crippen MR) is 67.1 cm³/mol. The molecule has 3 N–H and O–H groups in total. The number of hydrazine groups is 1. The number of fused-ring (bicyclic) bond motifs is 1. The smallest absolute Gasteiger partial charge is 0.285 e. The van der Waals surface area contributed by atoms with Gasteiger partial charge in [-0.2, -0.15) is 5.10 Å².